The fourth-order valence-corrected chi connectivity index (χ4v) is 4.92. The molecule has 0 saturated carbocycles. The third kappa shape index (κ3) is 7.68. The number of fused-ring (bicyclic) bond motifs is 1. The van der Waals surface area contributed by atoms with Crippen LogP contribution in [0.5, 0.6) is 5.75 Å². The number of hydrogen-bond acceptors (Lipinski definition) is 8. The van der Waals surface area contributed by atoms with Crippen LogP contribution in [0.1, 0.15) is 33.0 Å². The monoisotopic (exact) mass is 658 g/mol. The van der Waals surface area contributed by atoms with Crippen molar-refractivity contribution >= 4 is 69.6 Å². The molecule has 0 aliphatic carbocycles. The van der Waals surface area contributed by atoms with E-state index in [-0.39, 0.29) is 29.9 Å². The lowest BCUT2D eigenvalue weighted by molar-refractivity contribution is -0.122. The van der Waals surface area contributed by atoms with E-state index in [4.69, 9.17) is 32.4 Å². The number of halogens is 2. The van der Waals surface area contributed by atoms with Crippen LogP contribution < -0.4 is 20.3 Å². The molecule has 2 aromatic carbocycles. The van der Waals surface area contributed by atoms with Crippen molar-refractivity contribution < 1.29 is 23.5 Å². The van der Waals surface area contributed by atoms with Gasteiger partial charge in [0.05, 0.1) is 22.9 Å². The van der Waals surface area contributed by atoms with Crippen LogP contribution >= 0.6 is 23.2 Å². The molecule has 0 fully saturated rings. The molecular formula is C33H28Cl2N6O5. The van der Waals surface area contributed by atoms with Gasteiger partial charge >= 0.3 is 6.01 Å². The van der Waals surface area contributed by atoms with E-state index in [1.807, 2.05) is 37.3 Å². The maximum atomic E-state index is 13.0. The Hall–Kier alpha value is -5.26. The molecule has 11 nitrogen and oxygen atoms in total. The summed E-state index contributed by atoms with van der Waals surface area (Å²) < 4.78 is 11.2. The van der Waals surface area contributed by atoms with Crippen molar-refractivity contribution in [1.29, 1.82) is 0 Å². The summed E-state index contributed by atoms with van der Waals surface area (Å²) in [6.45, 7) is 3.40. The first-order valence-electron chi connectivity index (χ1n) is 14.0. The molecule has 13 heteroatoms. The van der Waals surface area contributed by atoms with Crippen molar-refractivity contribution in [2.24, 2.45) is 0 Å². The summed E-state index contributed by atoms with van der Waals surface area (Å²) in [5.74, 6) is -0.827. The second-order valence-corrected chi connectivity index (χ2v) is 10.9. The van der Waals surface area contributed by atoms with Gasteiger partial charge in [-0.3, -0.25) is 24.7 Å². The highest BCUT2D eigenvalue weighted by atomic mass is 35.5. The highest BCUT2D eigenvalue weighted by molar-refractivity contribution is 6.38. The summed E-state index contributed by atoms with van der Waals surface area (Å²) in [4.78, 5) is 51.7. The van der Waals surface area contributed by atoms with Crippen LogP contribution in [-0.2, 0) is 16.2 Å². The SMILES string of the molecule is Cc1coc(NC(=O)c2ccc(C=CC(=O)NCC(=O)N(C)c3ccc(Cl)c(COc4cccc5ccc(C)nc45)c3Cl)cn2)n1. The summed E-state index contributed by atoms with van der Waals surface area (Å²) in [5.41, 5.74) is 3.82. The van der Waals surface area contributed by atoms with Crippen molar-refractivity contribution in [3.05, 3.63) is 111 Å². The van der Waals surface area contributed by atoms with Crippen molar-refractivity contribution in [1.82, 2.24) is 20.3 Å². The van der Waals surface area contributed by atoms with Gasteiger partial charge < -0.3 is 19.4 Å². The molecule has 0 unspecified atom stereocenters. The zero-order chi connectivity index (χ0) is 32.8. The summed E-state index contributed by atoms with van der Waals surface area (Å²) >= 11 is 13.2. The first-order chi connectivity index (χ1) is 22.1. The third-order valence-corrected chi connectivity index (χ3v) is 7.57. The van der Waals surface area contributed by atoms with Crippen molar-refractivity contribution in [2.45, 2.75) is 20.5 Å². The van der Waals surface area contributed by atoms with Crippen LogP contribution in [0.15, 0.2) is 77.6 Å². The second kappa shape index (κ2) is 14.2. The normalized spacial score (nSPS) is 11.1. The van der Waals surface area contributed by atoms with Gasteiger partial charge in [-0.05, 0) is 55.8 Å². The largest absolute Gasteiger partial charge is 0.487 e. The van der Waals surface area contributed by atoms with Crippen molar-refractivity contribution in [3.8, 4) is 5.75 Å². The molecule has 2 N–H and O–H groups in total. The van der Waals surface area contributed by atoms with Gasteiger partial charge in [-0.25, -0.2) is 4.98 Å². The van der Waals surface area contributed by atoms with E-state index in [1.54, 1.807) is 32.2 Å². The van der Waals surface area contributed by atoms with Crippen LogP contribution in [-0.4, -0.2) is 46.3 Å². The number of rotatable bonds is 10. The minimum absolute atomic E-state index is 0.0468. The number of ether oxygens (including phenoxy) is 1. The molecule has 0 aliphatic rings. The first kappa shape index (κ1) is 32.1. The lowest BCUT2D eigenvalue weighted by atomic mass is 10.1. The van der Waals surface area contributed by atoms with E-state index >= 15 is 0 Å². The Morgan fingerprint density at radius 2 is 1.83 bits per heavy atom. The summed E-state index contributed by atoms with van der Waals surface area (Å²) in [6.07, 6.45) is 5.61. The molecule has 5 rings (SSSR count). The maximum Gasteiger partial charge on any atom is 0.301 e. The number of oxazole rings is 1. The van der Waals surface area contributed by atoms with Gasteiger partial charge in [0.25, 0.3) is 5.91 Å². The summed E-state index contributed by atoms with van der Waals surface area (Å²) in [7, 11) is 1.55. The van der Waals surface area contributed by atoms with Gasteiger partial charge in [-0.15, -0.1) is 0 Å². The molecule has 0 radical (unpaired) electrons. The van der Waals surface area contributed by atoms with Gasteiger partial charge in [-0.1, -0.05) is 47.5 Å². The number of pyridine rings is 2. The van der Waals surface area contributed by atoms with E-state index in [9.17, 15) is 14.4 Å². The zero-order valence-corrected chi connectivity index (χ0v) is 26.5. The first-order valence-corrected chi connectivity index (χ1v) is 14.7. The predicted molar refractivity (Wildman–Crippen MR) is 176 cm³/mol. The van der Waals surface area contributed by atoms with Crippen LogP contribution in [0, 0.1) is 13.8 Å². The van der Waals surface area contributed by atoms with Gasteiger partial charge in [-0.2, -0.15) is 4.98 Å². The number of amides is 3. The number of carbonyl (C=O) groups is 3. The zero-order valence-electron chi connectivity index (χ0n) is 25.0. The Morgan fingerprint density at radius 3 is 2.57 bits per heavy atom. The average Bonchev–Trinajstić information content (AvgIpc) is 3.46. The van der Waals surface area contributed by atoms with E-state index in [0.717, 1.165) is 16.6 Å². The standard InChI is InChI=1S/C33H28Cl2N6O5/c1-19-7-10-22-5-4-6-27(31(22)38-19)45-18-23-24(34)11-13-26(30(23)35)41(3)29(43)16-37-28(42)14-9-21-8-12-25(36-15-21)32(44)40-33-39-20(2)17-46-33/h4-15,17H,16,18H2,1-3H3,(H,37,42)(H,39,40,44). The smallest absolute Gasteiger partial charge is 0.301 e. The molecule has 46 heavy (non-hydrogen) atoms. The Kier molecular flexibility index (Phi) is 9.94. The van der Waals surface area contributed by atoms with Gasteiger partial charge in [0, 0.05) is 41.0 Å². The van der Waals surface area contributed by atoms with E-state index < -0.39 is 17.7 Å². The third-order valence-electron chi connectivity index (χ3n) is 6.80. The minimum atomic E-state index is -0.502. The molecule has 0 saturated heterocycles. The van der Waals surface area contributed by atoms with Crippen LogP contribution in [0.3, 0.4) is 0 Å². The Morgan fingerprint density at radius 1 is 1.00 bits per heavy atom. The molecule has 5 aromatic rings. The maximum absolute atomic E-state index is 13.0. The molecule has 0 atom stereocenters. The summed E-state index contributed by atoms with van der Waals surface area (Å²) in [5, 5.41) is 6.63. The number of para-hydroxylation sites is 1. The van der Waals surface area contributed by atoms with Gasteiger partial charge in [0.1, 0.15) is 29.8 Å². The minimum Gasteiger partial charge on any atom is -0.487 e. The number of nitrogens with zero attached hydrogens (tertiary/aromatic N) is 4. The van der Waals surface area contributed by atoms with Crippen molar-refractivity contribution in [3.63, 3.8) is 0 Å². The van der Waals surface area contributed by atoms with Gasteiger partial charge in [0.15, 0.2) is 0 Å². The van der Waals surface area contributed by atoms with Crippen molar-refractivity contribution in [2.75, 3.05) is 23.8 Å². The topological polar surface area (TPSA) is 140 Å². The highest BCUT2D eigenvalue weighted by Crippen LogP contribution is 2.35. The number of carbonyl (C=O) groups excluding carboxylic acids is 3. The van der Waals surface area contributed by atoms with Crippen LogP contribution in [0.4, 0.5) is 11.7 Å². The fourth-order valence-electron chi connectivity index (χ4n) is 4.32. The summed E-state index contributed by atoms with van der Waals surface area (Å²) in [6, 6.07) is 16.0. The molecule has 3 aromatic heterocycles. The van der Waals surface area contributed by atoms with E-state index in [2.05, 4.69) is 25.6 Å². The predicted octanol–water partition coefficient (Wildman–Crippen LogP) is 6.17. The molecular weight excluding hydrogens is 631 g/mol. The molecule has 234 valence electrons. The second-order valence-electron chi connectivity index (χ2n) is 10.2. The number of aromatic nitrogens is 3. The average molecular weight is 660 g/mol. The number of likely N-dealkylation sites (N-methyl/N-ethyl adjacent to an activating group) is 1. The highest BCUT2D eigenvalue weighted by Gasteiger charge is 2.19. The molecule has 0 aliphatic heterocycles. The molecule has 0 bridgehead atoms. The Labute approximate surface area is 274 Å². The van der Waals surface area contributed by atoms with Crippen LogP contribution in [0.2, 0.25) is 10.0 Å². The number of hydrogen-bond donors (Lipinski definition) is 2. The number of aryl methyl sites for hydroxylation is 2. The Bertz CT molecular complexity index is 1960. The number of nitrogens with one attached hydrogen (secondary N) is 2. The fraction of sp³-hybridized carbons (Fsp3) is 0.152. The number of anilines is 2. The Balaban J connectivity index is 1.16. The molecule has 3 heterocycles. The van der Waals surface area contributed by atoms with E-state index in [0.29, 0.717) is 33.3 Å². The van der Waals surface area contributed by atoms with Crippen LogP contribution in [0.25, 0.3) is 17.0 Å². The lowest BCUT2D eigenvalue weighted by Gasteiger charge is -2.21. The van der Waals surface area contributed by atoms with E-state index in [1.165, 1.54) is 35.6 Å². The molecule has 0 spiro atoms. The lowest BCUT2D eigenvalue weighted by Crippen LogP contribution is -2.37. The number of benzene rings is 2. The molecule has 3 amide bonds. The quantitative estimate of drug-likeness (QED) is 0.170. The van der Waals surface area contributed by atoms with Gasteiger partial charge in [0.2, 0.25) is 11.8 Å².